The molecule has 4 rings (SSSR count). The highest BCUT2D eigenvalue weighted by atomic mass is 32.1. The number of ether oxygens (including phenoxy) is 1. The topological polar surface area (TPSA) is 57.4 Å². The van der Waals surface area contributed by atoms with Crippen LogP contribution < -0.4 is 10.9 Å². The number of thiocarbonyl (C=S) groups is 1. The molecule has 3 aromatic rings. The Morgan fingerprint density at radius 2 is 1.97 bits per heavy atom. The predicted molar refractivity (Wildman–Crippen MR) is 129 cm³/mol. The lowest BCUT2D eigenvalue weighted by Gasteiger charge is -2.27. The lowest BCUT2D eigenvalue weighted by molar-refractivity contribution is 0.113. The minimum absolute atomic E-state index is 0.132. The van der Waals surface area contributed by atoms with Crippen molar-refractivity contribution < 1.29 is 9.13 Å². The SMILES string of the molecule is CCc1ccc2[nH]c(=O)c(CN(Cc3ccc(F)cc3)C(=S)NC[C@H]3CCCO3)cc2c1. The van der Waals surface area contributed by atoms with E-state index in [4.69, 9.17) is 17.0 Å². The monoisotopic (exact) mass is 453 g/mol. The van der Waals surface area contributed by atoms with Crippen LogP contribution in [-0.2, 0) is 24.2 Å². The zero-order valence-electron chi connectivity index (χ0n) is 18.2. The molecule has 0 aliphatic carbocycles. The summed E-state index contributed by atoms with van der Waals surface area (Å²) in [5, 5.41) is 4.84. The van der Waals surface area contributed by atoms with Gasteiger partial charge in [0.05, 0.1) is 12.6 Å². The minimum Gasteiger partial charge on any atom is -0.376 e. The second kappa shape index (κ2) is 10.2. The van der Waals surface area contributed by atoms with Gasteiger partial charge >= 0.3 is 0 Å². The van der Waals surface area contributed by atoms with Gasteiger partial charge in [0.15, 0.2) is 5.11 Å². The van der Waals surface area contributed by atoms with Crippen molar-refractivity contribution in [3.8, 4) is 0 Å². The summed E-state index contributed by atoms with van der Waals surface area (Å²) in [4.78, 5) is 17.7. The predicted octanol–water partition coefficient (Wildman–Crippen LogP) is 4.29. The van der Waals surface area contributed by atoms with Crippen molar-refractivity contribution in [1.29, 1.82) is 0 Å². The zero-order chi connectivity index (χ0) is 22.5. The summed E-state index contributed by atoms with van der Waals surface area (Å²) in [6.45, 7) is 4.33. The fourth-order valence-corrected chi connectivity index (χ4v) is 4.18. The van der Waals surface area contributed by atoms with Crippen molar-refractivity contribution in [2.24, 2.45) is 0 Å². The number of halogens is 1. The third-order valence-electron chi connectivity index (χ3n) is 5.83. The van der Waals surface area contributed by atoms with E-state index in [0.717, 1.165) is 42.3 Å². The van der Waals surface area contributed by atoms with E-state index in [0.29, 0.717) is 30.3 Å². The Kier molecular flexibility index (Phi) is 7.17. The first-order valence-electron chi connectivity index (χ1n) is 11.1. The Hall–Kier alpha value is -2.77. The molecule has 2 aromatic carbocycles. The molecule has 0 spiro atoms. The van der Waals surface area contributed by atoms with Crippen LogP contribution in [0, 0.1) is 5.82 Å². The number of rotatable bonds is 7. The van der Waals surface area contributed by atoms with E-state index >= 15 is 0 Å². The van der Waals surface area contributed by atoms with Gasteiger partial charge in [-0.25, -0.2) is 4.39 Å². The van der Waals surface area contributed by atoms with Gasteiger partial charge in [-0.15, -0.1) is 0 Å². The number of aryl methyl sites for hydroxylation is 1. The summed E-state index contributed by atoms with van der Waals surface area (Å²) < 4.78 is 19.1. The molecular weight excluding hydrogens is 425 g/mol. The average molecular weight is 454 g/mol. The molecule has 2 heterocycles. The number of H-pyrrole nitrogens is 1. The lowest BCUT2D eigenvalue weighted by atomic mass is 10.1. The number of fused-ring (bicyclic) bond motifs is 1. The van der Waals surface area contributed by atoms with Crippen molar-refractivity contribution in [2.75, 3.05) is 13.2 Å². The lowest BCUT2D eigenvalue weighted by Crippen LogP contribution is -2.42. The molecule has 7 heteroatoms. The Bertz CT molecular complexity index is 1140. The van der Waals surface area contributed by atoms with Crippen molar-refractivity contribution in [3.63, 3.8) is 0 Å². The van der Waals surface area contributed by atoms with Crippen LogP contribution in [0.25, 0.3) is 10.9 Å². The van der Waals surface area contributed by atoms with Crippen LogP contribution in [0.4, 0.5) is 4.39 Å². The number of aromatic amines is 1. The maximum atomic E-state index is 13.4. The van der Waals surface area contributed by atoms with Crippen LogP contribution in [0.3, 0.4) is 0 Å². The minimum atomic E-state index is -0.280. The summed E-state index contributed by atoms with van der Waals surface area (Å²) in [7, 11) is 0. The first kappa shape index (κ1) is 22.4. The molecule has 1 saturated heterocycles. The molecule has 0 saturated carbocycles. The van der Waals surface area contributed by atoms with Gasteiger partial charge in [0.25, 0.3) is 5.56 Å². The molecule has 0 unspecified atom stereocenters. The van der Waals surface area contributed by atoms with Crippen LogP contribution >= 0.6 is 12.2 Å². The molecule has 32 heavy (non-hydrogen) atoms. The molecule has 1 fully saturated rings. The van der Waals surface area contributed by atoms with Crippen LogP contribution in [-0.4, -0.2) is 34.3 Å². The highest BCUT2D eigenvalue weighted by Gasteiger charge is 2.18. The van der Waals surface area contributed by atoms with Gasteiger partial charge in [0.2, 0.25) is 0 Å². The molecule has 0 bridgehead atoms. The highest BCUT2D eigenvalue weighted by molar-refractivity contribution is 7.80. The Morgan fingerprint density at radius 3 is 2.69 bits per heavy atom. The van der Waals surface area contributed by atoms with Crippen molar-refractivity contribution in [3.05, 3.63) is 81.4 Å². The van der Waals surface area contributed by atoms with Gasteiger partial charge in [-0.05, 0) is 78.3 Å². The maximum absolute atomic E-state index is 13.4. The van der Waals surface area contributed by atoms with Gasteiger partial charge in [-0.3, -0.25) is 4.79 Å². The first-order chi connectivity index (χ1) is 15.5. The molecule has 2 N–H and O–H groups in total. The second-order valence-electron chi connectivity index (χ2n) is 8.20. The molecule has 1 aliphatic rings. The molecule has 5 nitrogen and oxygen atoms in total. The number of hydrogen-bond donors (Lipinski definition) is 2. The molecule has 1 atom stereocenters. The van der Waals surface area contributed by atoms with E-state index in [2.05, 4.69) is 23.3 Å². The Morgan fingerprint density at radius 1 is 1.19 bits per heavy atom. The van der Waals surface area contributed by atoms with Crippen molar-refractivity contribution >= 4 is 28.2 Å². The number of pyridine rings is 1. The fourth-order valence-electron chi connectivity index (χ4n) is 3.97. The van der Waals surface area contributed by atoms with Crippen molar-refractivity contribution in [1.82, 2.24) is 15.2 Å². The van der Waals surface area contributed by atoms with Gasteiger partial charge in [0.1, 0.15) is 5.82 Å². The number of hydrogen-bond acceptors (Lipinski definition) is 3. The van der Waals surface area contributed by atoms with Crippen LogP contribution in [0.15, 0.2) is 53.3 Å². The molecular formula is C25H28FN3O2S. The van der Waals surface area contributed by atoms with E-state index in [-0.39, 0.29) is 17.5 Å². The molecule has 0 radical (unpaired) electrons. The van der Waals surface area contributed by atoms with Gasteiger partial charge in [0, 0.05) is 30.8 Å². The van der Waals surface area contributed by atoms with Crippen LogP contribution in [0.2, 0.25) is 0 Å². The van der Waals surface area contributed by atoms with Crippen LogP contribution in [0.1, 0.15) is 36.5 Å². The third kappa shape index (κ3) is 5.53. The zero-order valence-corrected chi connectivity index (χ0v) is 19.0. The van der Waals surface area contributed by atoms with Gasteiger partial charge < -0.3 is 19.9 Å². The van der Waals surface area contributed by atoms with Gasteiger partial charge in [-0.2, -0.15) is 0 Å². The number of nitrogens with zero attached hydrogens (tertiary/aromatic N) is 1. The Labute approximate surface area is 192 Å². The van der Waals surface area contributed by atoms with Crippen molar-refractivity contribution in [2.45, 2.75) is 45.4 Å². The Balaban J connectivity index is 1.58. The summed E-state index contributed by atoms with van der Waals surface area (Å²) in [6, 6.07) is 14.4. The smallest absolute Gasteiger partial charge is 0.253 e. The number of aromatic nitrogens is 1. The molecule has 1 aliphatic heterocycles. The molecule has 0 amide bonds. The third-order valence-corrected chi connectivity index (χ3v) is 6.24. The normalized spacial score (nSPS) is 15.8. The van der Waals surface area contributed by atoms with E-state index in [1.807, 2.05) is 23.1 Å². The van der Waals surface area contributed by atoms with E-state index in [1.165, 1.54) is 17.7 Å². The summed E-state index contributed by atoms with van der Waals surface area (Å²) >= 11 is 5.69. The van der Waals surface area contributed by atoms with E-state index in [9.17, 15) is 9.18 Å². The van der Waals surface area contributed by atoms with E-state index in [1.54, 1.807) is 12.1 Å². The number of benzene rings is 2. The summed E-state index contributed by atoms with van der Waals surface area (Å²) in [5.74, 6) is -0.280. The quantitative estimate of drug-likeness (QED) is 0.523. The standard InChI is InChI=1S/C25H28FN3O2S/c1-2-17-7-10-23-19(12-17)13-20(24(30)28-23)16-29(15-18-5-8-21(26)9-6-18)25(32)27-14-22-4-3-11-31-22/h5-10,12-13,22H,2-4,11,14-16H2,1H3,(H,27,32)(H,28,30)/t22-/m1/s1. The molecule has 1 aromatic heterocycles. The second-order valence-corrected chi connectivity index (χ2v) is 8.59. The largest absolute Gasteiger partial charge is 0.376 e. The fraction of sp³-hybridized carbons (Fsp3) is 0.360. The molecule has 168 valence electrons. The first-order valence-corrected chi connectivity index (χ1v) is 11.5. The number of nitrogens with one attached hydrogen (secondary N) is 2. The average Bonchev–Trinajstić information content (AvgIpc) is 3.32. The van der Waals surface area contributed by atoms with E-state index < -0.39 is 0 Å². The highest BCUT2D eigenvalue weighted by Crippen LogP contribution is 2.17. The van der Waals surface area contributed by atoms with Gasteiger partial charge in [-0.1, -0.05) is 25.1 Å². The summed E-state index contributed by atoms with van der Waals surface area (Å²) in [6.07, 6.45) is 3.15. The maximum Gasteiger partial charge on any atom is 0.253 e. The summed E-state index contributed by atoms with van der Waals surface area (Å²) in [5.41, 5.74) is 3.45. The van der Waals surface area contributed by atoms with Crippen LogP contribution in [0.5, 0.6) is 0 Å².